The molecule has 0 amide bonds. The number of hydrogen-bond acceptors (Lipinski definition) is 3. The monoisotopic (exact) mass is 348 g/mol. The van der Waals surface area contributed by atoms with Crippen molar-refractivity contribution in [1.29, 1.82) is 0 Å². The molecule has 1 atom stereocenters. The summed E-state index contributed by atoms with van der Waals surface area (Å²) in [6.45, 7) is 2.08. The number of methoxy groups -OCH3 is 3. The first kappa shape index (κ1) is 18.0. The van der Waals surface area contributed by atoms with E-state index >= 15 is 0 Å². The molecule has 0 radical (unpaired) electrons. The topological polar surface area (TPSA) is 27.7 Å². The van der Waals surface area contributed by atoms with Crippen LogP contribution in [0.2, 0.25) is 0 Å². The molecule has 1 unspecified atom stereocenters. The molecule has 0 fully saturated rings. The first-order chi connectivity index (χ1) is 12.7. The highest BCUT2D eigenvalue weighted by Gasteiger charge is 2.37. The van der Waals surface area contributed by atoms with Gasteiger partial charge in [0, 0.05) is 7.11 Å². The summed E-state index contributed by atoms with van der Waals surface area (Å²) in [7, 11) is 5.10. The van der Waals surface area contributed by atoms with Crippen molar-refractivity contribution in [3.05, 3.63) is 95.1 Å². The Kier molecular flexibility index (Phi) is 5.29. The molecule has 3 aromatic carbocycles. The Morgan fingerprint density at radius 1 is 0.654 bits per heavy atom. The smallest absolute Gasteiger partial charge is 0.143 e. The van der Waals surface area contributed by atoms with Crippen LogP contribution in [0.4, 0.5) is 0 Å². The third-order valence-electron chi connectivity index (χ3n) is 4.80. The maximum Gasteiger partial charge on any atom is 0.143 e. The molecule has 3 rings (SSSR count). The lowest BCUT2D eigenvalue weighted by molar-refractivity contribution is 0.0579. The number of ether oxygens (including phenoxy) is 3. The number of benzene rings is 3. The molecule has 3 heteroatoms. The van der Waals surface area contributed by atoms with Crippen LogP contribution < -0.4 is 9.47 Å². The van der Waals surface area contributed by atoms with Crippen LogP contribution in [0.3, 0.4) is 0 Å². The third-order valence-corrected chi connectivity index (χ3v) is 4.80. The minimum Gasteiger partial charge on any atom is -0.497 e. The van der Waals surface area contributed by atoms with Gasteiger partial charge in [-0.2, -0.15) is 0 Å². The second-order valence-corrected chi connectivity index (χ2v) is 6.16. The molecule has 134 valence electrons. The van der Waals surface area contributed by atoms with Gasteiger partial charge >= 0.3 is 0 Å². The highest BCUT2D eigenvalue weighted by atomic mass is 16.5. The van der Waals surface area contributed by atoms with E-state index < -0.39 is 5.60 Å². The Morgan fingerprint density at radius 3 is 1.77 bits per heavy atom. The average Bonchev–Trinajstić information content (AvgIpc) is 2.71. The van der Waals surface area contributed by atoms with Crippen LogP contribution in [0.25, 0.3) is 0 Å². The standard InChI is InChI=1S/C23H24O3/c1-17-16-21(25-3)14-15-22(17)23(26-4,18-8-6-5-7-9-18)19-10-12-20(24-2)13-11-19/h5-16H,1-4H3. The molecule has 0 aromatic heterocycles. The van der Waals surface area contributed by atoms with Gasteiger partial charge in [-0.1, -0.05) is 48.5 Å². The van der Waals surface area contributed by atoms with Gasteiger partial charge in [-0.25, -0.2) is 0 Å². The van der Waals surface area contributed by atoms with Crippen LogP contribution in [0.5, 0.6) is 11.5 Å². The predicted molar refractivity (Wildman–Crippen MR) is 104 cm³/mol. The Bertz CT molecular complexity index is 856. The zero-order chi connectivity index (χ0) is 18.6. The predicted octanol–water partition coefficient (Wildman–Crippen LogP) is 4.95. The van der Waals surface area contributed by atoms with E-state index in [2.05, 4.69) is 37.3 Å². The normalized spacial score (nSPS) is 13.1. The fourth-order valence-electron chi connectivity index (χ4n) is 3.48. The number of hydrogen-bond donors (Lipinski definition) is 0. The summed E-state index contributed by atoms with van der Waals surface area (Å²) in [5, 5.41) is 0. The van der Waals surface area contributed by atoms with Crippen LogP contribution in [-0.2, 0) is 10.3 Å². The van der Waals surface area contributed by atoms with Crippen molar-refractivity contribution < 1.29 is 14.2 Å². The lowest BCUT2D eigenvalue weighted by Gasteiger charge is -2.35. The minimum absolute atomic E-state index is 0.718. The molecule has 3 aromatic rings. The molecule has 0 bridgehead atoms. The summed E-state index contributed by atoms with van der Waals surface area (Å²) in [5.41, 5.74) is 3.58. The van der Waals surface area contributed by atoms with Crippen LogP contribution in [-0.4, -0.2) is 21.3 Å². The van der Waals surface area contributed by atoms with Crippen molar-refractivity contribution >= 4 is 0 Å². The number of rotatable bonds is 6. The van der Waals surface area contributed by atoms with E-state index in [9.17, 15) is 0 Å². The molecule has 0 aliphatic rings. The van der Waals surface area contributed by atoms with Crippen LogP contribution in [0, 0.1) is 6.92 Å². The van der Waals surface area contributed by atoms with Gasteiger partial charge in [0.25, 0.3) is 0 Å². The highest BCUT2D eigenvalue weighted by molar-refractivity contribution is 5.52. The Balaban J connectivity index is 2.28. The molecule has 0 N–H and O–H groups in total. The molecule has 26 heavy (non-hydrogen) atoms. The fraction of sp³-hybridized carbons (Fsp3) is 0.217. The molecule has 0 saturated carbocycles. The quantitative estimate of drug-likeness (QED) is 0.590. The van der Waals surface area contributed by atoms with Crippen molar-refractivity contribution in [3.63, 3.8) is 0 Å². The van der Waals surface area contributed by atoms with Gasteiger partial charge in [0.2, 0.25) is 0 Å². The first-order valence-corrected chi connectivity index (χ1v) is 8.56. The molecule has 0 aliphatic carbocycles. The summed E-state index contributed by atoms with van der Waals surface area (Å²) in [5.74, 6) is 1.65. The largest absolute Gasteiger partial charge is 0.497 e. The van der Waals surface area contributed by atoms with Gasteiger partial charge in [0.1, 0.15) is 17.1 Å². The molecule has 0 saturated heterocycles. The molecule has 0 spiro atoms. The second-order valence-electron chi connectivity index (χ2n) is 6.16. The van der Waals surface area contributed by atoms with Crippen molar-refractivity contribution in [2.24, 2.45) is 0 Å². The molecule has 3 nitrogen and oxygen atoms in total. The van der Waals surface area contributed by atoms with Gasteiger partial charge in [0.05, 0.1) is 14.2 Å². The lowest BCUT2D eigenvalue weighted by Crippen LogP contribution is -2.32. The van der Waals surface area contributed by atoms with Crippen LogP contribution in [0.15, 0.2) is 72.8 Å². The lowest BCUT2D eigenvalue weighted by atomic mass is 9.78. The second kappa shape index (κ2) is 7.63. The molecule has 0 aliphatic heterocycles. The van der Waals surface area contributed by atoms with Gasteiger partial charge in [0.15, 0.2) is 0 Å². The Hall–Kier alpha value is -2.78. The van der Waals surface area contributed by atoms with E-state index in [-0.39, 0.29) is 0 Å². The van der Waals surface area contributed by atoms with Crippen LogP contribution in [0.1, 0.15) is 22.3 Å². The maximum absolute atomic E-state index is 6.24. The molecular weight excluding hydrogens is 324 g/mol. The van der Waals surface area contributed by atoms with E-state index in [0.29, 0.717) is 0 Å². The average molecular weight is 348 g/mol. The minimum atomic E-state index is -0.718. The third kappa shape index (κ3) is 3.06. The summed E-state index contributed by atoms with van der Waals surface area (Å²) in [6, 6.07) is 24.4. The van der Waals surface area contributed by atoms with Gasteiger partial charge in [-0.05, 0) is 53.4 Å². The summed E-state index contributed by atoms with van der Waals surface area (Å²) >= 11 is 0. The van der Waals surface area contributed by atoms with Crippen molar-refractivity contribution in [2.45, 2.75) is 12.5 Å². The van der Waals surface area contributed by atoms with Crippen molar-refractivity contribution in [1.82, 2.24) is 0 Å². The highest BCUT2D eigenvalue weighted by Crippen LogP contribution is 2.42. The van der Waals surface area contributed by atoms with Gasteiger partial charge in [-0.15, -0.1) is 0 Å². The van der Waals surface area contributed by atoms with Crippen LogP contribution >= 0.6 is 0 Å². The summed E-state index contributed by atoms with van der Waals surface area (Å²) in [6.07, 6.45) is 0. The van der Waals surface area contributed by atoms with Crippen molar-refractivity contribution in [3.8, 4) is 11.5 Å². The fourth-order valence-corrected chi connectivity index (χ4v) is 3.48. The zero-order valence-electron chi connectivity index (χ0n) is 15.7. The summed E-state index contributed by atoms with van der Waals surface area (Å²) in [4.78, 5) is 0. The maximum atomic E-state index is 6.24. The van der Waals surface area contributed by atoms with E-state index in [0.717, 1.165) is 33.8 Å². The zero-order valence-corrected chi connectivity index (χ0v) is 15.7. The Morgan fingerprint density at radius 2 is 1.23 bits per heavy atom. The molecular formula is C23H24O3. The first-order valence-electron chi connectivity index (χ1n) is 8.56. The summed E-state index contributed by atoms with van der Waals surface area (Å²) < 4.78 is 16.9. The number of aryl methyl sites for hydroxylation is 1. The van der Waals surface area contributed by atoms with Gasteiger partial charge < -0.3 is 14.2 Å². The van der Waals surface area contributed by atoms with E-state index in [1.54, 1.807) is 21.3 Å². The van der Waals surface area contributed by atoms with Crippen molar-refractivity contribution in [2.75, 3.05) is 21.3 Å². The van der Waals surface area contributed by atoms with E-state index in [1.807, 2.05) is 42.5 Å². The van der Waals surface area contributed by atoms with Gasteiger partial charge in [-0.3, -0.25) is 0 Å². The Labute approximate surface area is 155 Å². The van der Waals surface area contributed by atoms with E-state index in [4.69, 9.17) is 14.2 Å². The molecule has 0 heterocycles. The van der Waals surface area contributed by atoms with E-state index in [1.165, 1.54) is 0 Å². The SMILES string of the molecule is COc1ccc(C(OC)(c2ccccc2)c2ccc(OC)cc2C)cc1.